The van der Waals surface area contributed by atoms with Gasteiger partial charge >= 0.3 is 0 Å². The van der Waals surface area contributed by atoms with E-state index in [1.54, 1.807) is 4.90 Å². The molecule has 1 heterocycles. The second-order valence-electron chi connectivity index (χ2n) is 4.66. The molecule has 1 amide bonds. The number of carbonyl (C=O) groups excluding carboxylic acids is 1. The number of piperidine rings is 1. The topological polar surface area (TPSA) is 78.9 Å². The van der Waals surface area contributed by atoms with Gasteiger partial charge in [0, 0.05) is 11.0 Å². The van der Waals surface area contributed by atoms with E-state index in [0.29, 0.717) is 23.0 Å². The average Bonchev–Trinajstić information content (AvgIpc) is 2.46. The number of oxime groups is 1. The van der Waals surface area contributed by atoms with Crippen molar-refractivity contribution in [2.75, 3.05) is 6.54 Å². The van der Waals surface area contributed by atoms with Gasteiger partial charge in [0.05, 0.1) is 11.6 Å². The van der Waals surface area contributed by atoms with Crippen LogP contribution in [0.1, 0.15) is 29.6 Å². The van der Waals surface area contributed by atoms with E-state index in [4.69, 9.17) is 10.9 Å². The summed E-state index contributed by atoms with van der Waals surface area (Å²) in [6.07, 6.45) is 2.43. The van der Waals surface area contributed by atoms with Crippen molar-refractivity contribution in [2.45, 2.75) is 25.3 Å². The van der Waals surface area contributed by atoms with Gasteiger partial charge in [-0.3, -0.25) is 4.79 Å². The Labute approximate surface area is 124 Å². The van der Waals surface area contributed by atoms with Crippen molar-refractivity contribution in [2.24, 2.45) is 10.9 Å². The lowest BCUT2D eigenvalue weighted by molar-refractivity contribution is 0.0675. The van der Waals surface area contributed by atoms with Gasteiger partial charge in [-0.1, -0.05) is 5.16 Å². The monoisotopic (exact) mass is 343 g/mol. The summed E-state index contributed by atoms with van der Waals surface area (Å²) in [7, 11) is 0. The average molecular weight is 344 g/mol. The van der Waals surface area contributed by atoms with Gasteiger partial charge in [0.2, 0.25) is 0 Å². The zero-order chi connectivity index (χ0) is 14.7. The lowest BCUT2D eigenvalue weighted by Crippen LogP contribution is -2.50. The standard InChI is InChI=1S/C13H15BrFN3O2/c14-10-7-8(15)4-5-9(10)13(19)18-6-2-1-3-11(18)12(16)17-20/h4-5,7,11,20H,1-3,6H2,(H2,16,17). The zero-order valence-electron chi connectivity index (χ0n) is 10.7. The van der Waals surface area contributed by atoms with Crippen molar-refractivity contribution >= 4 is 27.7 Å². The van der Waals surface area contributed by atoms with Gasteiger partial charge in [0.15, 0.2) is 5.84 Å². The fourth-order valence-corrected chi connectivity index (χ4v) is 2.89. The van der Waals surface area contributed by atoms with Crippen LogP contribution in [-0.4, -0.2) is 34.4 Å². The number of halogens is 2. The van der Waals surface area contributed by atoms with E-state index in [2.05, 4.69) is 21.1 Å². The summed E-state index contributed by atoms with van der Waals surface area (Å²) in [5.41, 5.74) is 6.02. The van der Waals surface area contributed by atoms with Gasteiger partial charge in [-0.15, -0.1) is 0 Å². The highest BCUT2D eigenvalue weighted by atomic mass is 79.9. The number of nitrogens with two attached hydrogens (primary N) is 1. The molecule has 2 rings (SSSR count). The lowest BCUT2D eigenvalue weighted by Gasteiger charge is -2.35. The van der Waals surface area contributed by atoms with E-state index in [0.717, 1.165) is 12.8 Å². The Morgan fingerprint density at radius 3 is 2.90 bits per heavy atom. The van der Waals surface area contributed by atoms with Gasteiger partial charge in [-0.05, 0) is 53.4 Å². The molecule has 1 aromatic carbocycles. The number of carbonyl (C=O) groups is 1. The minimum absolute atomic E-state index is 0.0243. The van der Waals surface area contributed by atoms with E-state index in [9.17, 15) is 9.18 Å². The Morgan fingerprint density at radius 2 is 2.25 bits per heavy atom. The molecular weight excluding hydrogens is 329 g/mol. The molecule has 1 fully saturated rings. The van der Waals surface area contributed by atoms with Crippen LogP contribution in [0.5, 0.6) is 0 Å². The number of benzene rings is 1. The molecule has 20 heavy (non-hydrogen) atoms. The first-order chi connectivity index (χ1) is 9.54. The quantitative estimate of drug-likeness (QED) is 0.374. The van der Waals surface area contributed by atoms with Crippen LogP contribution in [0.25, 0.3) is 0 Å². The number of amidine groups is 1. The van der Waals surface area contributed by atoms with Crippen LogP contribution in [0.2, 0.25) is 0 Å². The largest absolute Gasteiger partial charge is 0.409 e. The molecule has 1 unspecified atom stereocenters. The molecular formula is C13H15BrFN3O2. The molecule has 1 saturated heterocycles. The molecule has 0 spiro atoms. The molecule has 5 nitrogen and oxygen atoms in total. The third-order valence-corrected chi connectivity index (χ3v) is 4.04. The van der Waals surface area contributed by atoms with Crippen LogP contribution < -0.4 is 5.73 Å². The molecule has 1 atom stereocenters. The maximum absolute atomic E-state index is 13.1. The summed E-state index contributed by atoms with van der Waals surface area (Å²) >= 11 is 3.19. The number of nitrogens with zero attached hydrogens (tertiary/aromatic N) is 2. The predicted molar refractivity (Wildman–Crippen MR) is 76.2 cm³/mol. The maximum atomic E-state index is 13.1. The Balaban J connectivity index is 2.30. The van der Waals surface area contributed by atoms with Gasteiger partial charge in [-0.2, -0.15) is 0 Å². The van der Waals surface area contributed by atoms with E-state index in [-0.39, 0.29) is 11.7 Å². The minimum Gasteiger partial charge on any atom is -0.409 e. The second kappa shape index (κ2) is 6.21. The van der Waals surface area contributed by atoms with Crippen molar-refractivity contribution in [1.29, 1.82) is 0 Å². The van der Waals surface area contributed by atoms with E-state index < -0.39 is 11.9 Å². The van der Waals surface area contributed by atoms with Crippen molar-refractivity contribution in [3.63, 3.8) is 0 Å². The third-order valence-electron chi connectivity index (χ3n) is 3.38. The molecule has 0 saturated carbocycles. The fourth-order valence-electron chi connectivity index (χ4n) is 2.37. The van der Waals surface area contributed by atoms with Crippen LogP contribution in [0.15, 0.2) is 27.8 Å². The van der Waals surface area contributed by atoms with E-state index in [1.807, 2.05) is 0 Å². The molecule has 108 valence electrons. The maximum Gasteiger partial charge on any atom is 0.255 e. The fraction of sp³-hybridized carbons (Fsp3) is 0.385. The normalized spacial score (nSPS) is 20.0. The molecule has 0 radical (unpaired) electrons. The summed E-state index contributed by atoms with van der Waals surface area (Å²) in [6.45, 7) is 0.531. The number of hydrogen-bond donors (Lipinski definition) is 2. The van der Waals surface area contributed by atoms with Crippen molar-refractivity contribution in [1.82, 2.24) is 4.90 Å². The van der Waals surface area contributed by atoms with Crippen LogP contribution in [0.4, 0.5) is 4.39 Å². The van der Waals surface area contributed by atoms with Gasteiger partial charge in [0.25, 0.3) is 5.91 Å². The van der Waals surface area contributed by atoms with Crippen molar-refractivity contribution < 1.29 is 14.4 Å². The Morgan fingerprint density at radius 1 is 1.50 bits per heavy atom. The van der Waals surface area contributed by atoms with Gasteiger partial charge in [0.1, 0.15) is 5.82 Å². The summed E-state index contributed by atoms with van der Waals surface area (Å²) in [6, 6.07) is 3.49. The number of rotatable bonds is 2. The Kier molecular flexibility index (Phi) is 4.59. The SMILES string of the molecule is NC(=NO)C1CCCCN1C(=O)c1ccc(F)cc1Br. The molecule has 1 aliphatic rings. The highest BCUT2D eigenvalue weighted by molar-refractivity contribution is 9.10. The number of hydrogen-bond acceptors (Lipinski definition) is 3. The predicted octanol–water partition coefficient (Wildman–Crippen LogP) is 2.33. The Bertz CT molecular complexity index is 550. The lowest BCUT2D eigenvalue weighted by atomic mass is 10.00. The van der Waals surface area contributed by atoms with E-state index in [1.165, 1.54) is 18.2 Å². The van der Waals surface area contributed by atoms with Crippen molar-refractivity contribution in [3.8, 4) is 0 Å². The minimum atomic E-state index is -0.418. The molecule has 3 N–H and O–H groups in total. The highest BCUT2D eigenvalue weighted by Crippen LogP contribution is 2.24. The van der Waals surface area contributed by atoms with Crippen LogP contribution in [0, 0.1) is 5.82 Å². The molecule has 0 aromatic heterocycles. The summed E-state index contributed by atoms with van der Waals surface area (Å²) in [5, 5.41) is 11.8. The zero-order valence-corrected chi connectivity index (χ0v) is 12.3. The summed E-state index contributed by atoms with van der Waals surface area (Å²) in [5.74, 6) is -0.649. The van der Waals surface area contributed by atoms with Crippen LogP contribution >= 0.6 is 15.9 Å². The number of likely N-dealkylation sites (tertiary alicyclic amines) is 1. The van der Waals surface area contributed by atoms with Gasteiger partial charge < -0.3 is 15.8 Å². The summed E-state index contributed by atoms with van der Waals surface area (Å²) < 4.78 is 13.5. The van der Waals surface area contributed by atoms with Crippen molar-refractivity contribution in [3.05, 3.63) is 34.1 Å². The molecule has 1 aliphatic heterocycles. The smallest absolute Gasteiger partial charge is 0.255 e. The highest BCUT2D eigenvalue weighted by Gasteiger charge is 2.31. The summed E-state index contributed by atoms with van der Waals surface area (Å²) in [4.78, 5) is 14.1. The Hall–Kier alpha value is -1.63. The first-order valence-electron chi connectivity index (χ1n) is 6.28. The first kappa shape index (κ1) is 14.8. The first-order valence-corrected chi connectivity index (χ1v) is 7.07. The van der Waals surface area contributed by atoms with Gasteiger partial charge in [-0.25, -0.2) is 4.39 Å². The van der Waals surface area contributed by atoms with Crippen LogP contribution in [-0.2, 0) is 0 Å². The number of amides is 1. The molecule has 1 aromatic rings. The molecule has 7 heteroatoms. The second-order valence-corrected chi connectivity index (χ2v) is 5.51. The molecule has 0 bridgehead atoms. The third kappa shape index (κ3) is 2.92. The molecule has 0 aliphatic carbocycles. The van der Waals surface area contributed by atoms with Crippen LogP contribution in [0.3, 0.4) is 0 Å². The van der Waals surface area contributed by atoms with E-state index >= 15 is 0 Å².